The van der Waals surface area contributed by atoms with Crippen molar-refractivity contribution in [3.8, 4) is 5.75 Å². The van der Waals surface area contributed by atoms with Crippen LogP contribution in [0.1, 0.15) is 23.2 Å². The molecule has 2 aromatic carbocycles. The van der Waals surface area contributed by atoms with Crippen LogP contribution in [0, 0.1) is 15.9 Å². The first-order valence-corrected chi connectivity index (χ1v) is 8.12. The molecule has 136 valence electrons. The Morgan fingerprint density at radius 1 is 1.35 bits per heavy atom. The third-order valence-corrected chi connectivity index (χ3v) is 3.96. The van der Waals surface area contributed by atoms with Crippen molar-refractivity contribution in [2.45, 2.75) is 18.9 Å². The van der Waals surface area contributed by atoms with Gasteiger partial charge in [0, 0.05) is 23.9 Å². The average Bonchev–Trinajstić information content (AvgIpc) is 3.15. The molecule has 7 nitrogen and oxygen atoms in total. The predicted molar refractivity (Wildman–Crippen MR) is 91.9 cm³/mol. The van der Waals surface area contributed by atoms with Crippen molar-refractivity contribution in [1.82, 2.24) is 0 Å². The second kappa shape index (κ2) is 7.92. The molecule has 26 heavy (non-hydrogen) atoms. The fraction of sp³-hybridized carbons (Fsp3) is 0.278. The van der Waals surface area contributed by atoms with E-state index in [1.165, 1.54) is 6.07 Å². The molecule has 1 aliphatic rings. The summed E-state index contributed by atoms with van der Waals surface area (Å²) in [6.45, 7) is 1.15. The van der Waals surface area contributed by atoms with E-state index in [-0.39, 0.29) is 11.8 Å². The minimum Gasteiger partial charge on any atom is -0.491 e. The number of amides is 1. The standard InChI is InChI=1S/C18H17FN2O5/c19-16-7-6-13(10-17(16)21(23)24)20-18(22)12-3-1-4-14(9-12)26-11-15-5-2-8-25-15/h1,3-4,6-7,9-10,15H,2,5,8,11H2,(H,20,22)/t15-/m0/s1. The fourth-order valence-electron chi connectivity index (χ4n) is 2.63. The van der Waals surface area contributed by atoms with Gasteiger partial charge in [0.2, 0.25) is 5.82 Å². The summed E-state index contributed by atoms with van der Waals surface area (Å²) in [6, 6.07) is 9.74. The Labute approximate surface area is 148 Å². The van der Waals surface area contributed by atoms with E-state index in [4.69, 9.17) is 9.47 Å². The predicted octanol–water partition coefficient (Wildman–Crippen LogP) is 3.54. The van der Waals surface area contributed by atoms with Gasteiger partial charge in [-0.05, 0) is 43.2 Å². The van der Waals surface area contributed by atoms with Crippen molar-refractivity contribution < 1.29 is 23.6 Å². The minimum absolute atomic E-state index is 0.0623. The molecule has 1 fully saturated rings. The number of rotatable bonds is 6. The fourth-order valence-corrected chi connectivity index (χ4v) is 2.63. The van der Waals surface area contributed by atoms with Crippen LogP contribution in [0.2, 0.25) is 0 Å². The van der Waals surface area contributed by atoms with Gasteiger partial charge in [-0.15, -0.1) is 0 Å². The van der Waals surface area contributed by atoms with Crippen LogP contribution in [0.3, 0.4) is 0 Å². The number of carbonyl (C=O) groups excluding carboxylic acids is 1. The second-order valence-electron chi connectivity index (χ2n) is 5.85. The highest BCUT2D eigenvalue weighted by Crippen LogP contribution is 2.23. The summed E-state index contributed by atoms with van der Waals surface area (Å²) in [5, 5.41) is 13.3. The lowest BCUT2D eigenvalue weighted by atomic mass is 10.2. The van der Waals surface area contributed by atoms with Crippen molar-refractivity contribution in [3.05, 3.63) is 64.0 Å². The highest BCUT2D eigenvalue weighted by Gasteiger charge is 2.17. The Morgan fingerprint density at radius 2 is 2.19 bits per heavy atom. The third-order valence-electron chi connectivity index (χ3n) is 3.96. The number of anilines is 1. The Bertz CT molecular complexity index is 821. The zero-order valence-electron chi connectivity index (χ0n) is 13.8. The van der Waals surface area contributed by atoms with Crippen LogP contribution < -0.4 is 10.1 Å². The molecule has 1 saturated heterocycles. The number of benzene rings is 2. The number of halogens is 1. The molecule has 8 heteroatoms. The first-order valence-electron chi connectivity index (χ1n) is 8.12. The van der Waals surface area contributed by atoms with Crippen molar-refractivity contribution >= 4 is 17.3 Å². The molecular formula is C18H17FN2O5. The van der Waals surface area contributed by atoms with Gasteiger partial charge in [0.1, 0.15) is 12.4 Å². The summed E-state index contributed by atoms with van der Waals surface area (Å²) < 4.78 is 24.5. The van der Waals surface area contributed by atoms with Crippen molar-refractivity contribution in [2.75, 3.05) is 18.5 Å². The number of hydrogen-bond acceptors (Lipinski definition) is 5. The smallest absolute Gasteiger partial charge is 0.306 e. The van der Waals surface area contributed by atoms with Gasteiger partial charge >= 0.3 is 5.69 Å². The number of nitro groups is 1. The SMILES string of the molecule is O=C(Nc1ccc(F)c([N+](=O)[O-])c1)c1cccc(OC[C@@H]2CCCO2)c1. The van der Waals surface area contributed by atoms with Crippen LogP contribution >= 0.6 is 0 Å². The highest BCUT2D eigenvalue weighted by atomic mass is 19.1. The summed E-state index contributed by atoms with van der Waals surface area (Å²) >= 11 is 0. The maximum absolute atomic E-state index is 13.4. The topological polar surface area (TPSA) is 90.7 Å². The van der Waals surface area contributed by atoms with Gasteiger partial charge in [0.05, 0.1) is 11.0 Å². The van der Waals surface area contributed by atoms with Crippen LogP contribution in [-0.2, 0) is 4.74 Å². The molecule has 0 unspecified atom stereocenters. The monoisotopic (exact) mass is 360 g/mol. The van der Waals surface area contributed by atoms with Crippen LogP contribution in [0.15, 0.2) is 42.5 Å². The molecule has 3 rings (SSSR count). The summed E-state index contributed by atoms with van der Waals surface area (Å²) in [5.41, 5.74) is -0.243. The molecule has 0 bridgehead atoms. The minimum atomic E-state index is -0.961. The summed E-state index contributed by atoms with van der Waals surface area (Å²) in [6.07, 6.45) is 2.02. The van der Waals surface area contributed by atoms with Gasteiger partial charge < -0.3 is 14.8 Å². The lowest BCUT2D eigenvalue weighted by molar-refractivity contribution is -0.387. The van der Waals surface area contributed by atoms with Crippen molar-refractivity contribution in [2.24, 2.45) is 0 Å². The van der Waals surface area contributed by atoms with E-state index < -0.39 is 22.3 Å². The van der Waals surface area contributed by atoms with Crippen LogP contribution in [-0.4, -0.2) is 30.1 Å². The molecule has 2 aromatic rings. The van der Waals surface area contributed by atoms with E-state index in [2.05, 4.69) is 5.32 Å². The molecule has 0 radical (unpaired) electrons. The first kappa shape index (κ1) is 17.8. The van der Waals surface area contributed by atoms with E-state index in [1.807, 2.05) is 0 Å². The van der Waals surface area contributed by atoms with Crippen LogP contribution in [0.25, 0.3) is 0 Å². The quantitative estimate of drug-likeness (QED) is 0.628. The number of nitro benzene ring substituents is 1. The van der Waals surface area contributed by atoms with E-state index in [0.717, 1.165) is 31.6 Å². The third kappa shape index (κ3) is 4.34. The molecule has 1 N–H and O–H groups in total. The molecule has 1 aliphatic heterocycles. The maximum atomic E-state index is 13.4. The van der Waals surface area contributed by atoms with E-state index in [9.17, 15) is 19.3 Å². The van der Waals surface area contributed by atoms with Crippen LogP contribution in [0.4, 0.5) is 15.8 Å². The number of ether oxygens (including phenoxy) is 2. The van der Waals surface area contributed by atoms with Crippen molar-refractivity contribution in [3.63, 3.8) is 0 Å². The lowest BCUT2D eigenvalue weighted by Crippen LogP contribution is -2.17. The maximum Gasteiger partial charge on any atom is 0.306 e. The van der Waals surface area contributed by atoms with Gasteiger partial charge in [-0.3, -0.25) is 14.9 Å². The van der Waals surface area contributed by atoms with Gasteiger partial charge in [0.15, 0.2) is 0 Å². The Kier molecular flexibility index (Phi) is 5.43. The Morgan fingerprint density at radius 3 is 2.92 bits per heavy atom. The summed E-state index contributed by atoms with van der Waals surface area (Å²) in [4.78, 5) is 22.3. The highest BCUT2D eigenvalue weighted by molar-refractivity contribution is 6.04. The van der Waals surface area contributed by atoms with Gasteiger partial charge in [-0.1, -0.05) is 6.07 Å². The largest absolute Gasteiger partial charge is 0.491 e. The zero-order chi connectivity index (χ0) is 18.5. The molecule has 0 aliphatic carbocycles. The Hall–Kier alpha value is -3.00. The molecule has 1 amide bonds. The molecule has 0 saturated carbocycles. The summed E-state index contributed by atoms with van der Waals surface area (Å²) in [5.74, 6) is -0.913. The van der Waals surface area contributed by atoms with Crippen LogP contribution in [0.5, 0.6) is 5.75 Å². The van der Waals surface area contributed by atoms with E-state index in [0.29, 0.717) is 17.9 Å². The normalized spacial score (nSPS) is 16.3. The molecule has 0 aromatic heterocycles. The van der Waals surface area contributed by atoms with Gasteiger partial charge in [-0.25, -0.2) is 0 Å². The van der Waals surface area contributed by atoms with Gasteiger partial charge in [-0.2, -0.15) is 4.39 Å². The molecule has 1 atom stereocenters. The Balaban J connectivity index is 1.67. The number of nitrogens with one attached hydrogen (secondary N) is 1. The van der Waals surface area contributed by atoms with E-state index >= 15 is 0 Å². The zero-order valence-corrected chi connectivity index (χ0v) is 13.8. The molecular weight excluding hydrogens is 343 g/mol. The lowest BCUT2D eigenvalue weighted by Gasteiger charge is -2.12. The number of nitrogens with zero attached hydrogens (tertiary/aromatic N) is 1. The van der Waals surface area contributed by atoms with E-state index in [1.54, 1.807) is 24.3 Å². The average molecular weight is 360 g/mol. The van der Waals surface area contributed by atoms with Crippen molar-refractivity contribution in [1.29, 1.82) is 0 Å². The molecule has 0 spiro atoms. The molecule has 1 heterocycles. The van der Waals surface area contributed by atoms with Gasteiger partial charge in [0.25, 0.3) is 5.91 Å². The first-order chi connectivity index (χ1) is 12.5. The summed E-state index contributed by atoms with van der Waals surface area (Å²) in [7, 11) is 0. The second-order valence-corrected chi connectivity index (χ2v) is 5.85. The number of carbonyl (C=O) groups is 1. The number of hydrogen-bond donors (Lipinski definition) is 1.